The molecule has 0 unspecified atom stereocenters. The van der Waals surface area contributed by atoms with Gasteiger partial charge in [0.25, 0.3) is 0 Å². The predicted molar refractivity (Wildman–Crippen MR) is 77.4 cm³/mol. The molecule has 1 aromatic carbocycles. The molecule has 0 amide bonds. The average Bonchev–Trinajstić information content (AvgIpc) is 2.35. The van der Waals surface area contributed by atoms with E-state index in [1.165, 1.54) is 4.90 Å². The van der Waals surface area contributed by atoms with Crippen molar-refractivity contribution in [1.29, 1.82) is 5.26 Å². The Balaban J connectivity index is 2.48. The highest BCUT2D eigenvalue weighted by Gasteiger charge is 2.03. The lowest BCUT2D eigenvalue weighted by atomic mass is 10.2. The van der Waals surface area contributed by atoms with E-state index in [0.29, 0.717) is 5.56 Å². The standard InChI is InChI=1S/C13H17BrN2S/c1-3-16(4-2)7-8-17-12-6-5-11(10-15)13(14)9-12/h5-6,9H,3-4,7-8H2,1-2H3. The third-order valence-corrected chi connectivity index (χ3v) is 4.26. The summed E-state index contributed by atoms with van der Waals surface area (Å²) in [5.41, 5.74) is 0.693. The number of nitrogens with zero attached hydrogens (tertiary/aromatic N) is 2. The highest BCUT2D eigenvalue weighted by molar-refractivity contribution is 9.10. The van der Waals surface area contributed by atoms with Crippen LogP contribution in [0.15, 0.2) is 27.6 Å². The van der Waals surface area contributed by atoms with Crippen molar-refractivity contribution in [1.82, 2.24) is 4.90 Å². The van der Waals surface area contributed by atoms with Crippen LogP contribution >= 0.6 is 27.7 Å². The zero-order chi connectivity index (χ0) is 12.7. The quantitative estimate of drug-likeness (QED) is 0.748. The van der Waals surface area contributed by atoms with E-state index in [0.717, 1.165) is 29.9 Å². The summed E-state index contributed by atoms with van der Waals surface area (Å²) in [6, 6.07) is 8.05. The van der Waals surface area contributed by atoms with Crippen molar-refractivity contribution >= 4 is 27.7 Å². The first kappa shape index (κ1) is 14.6. The van der Waals surface area contributed by atoms with Gasteiger partial charge in [-0.1, -0.05) is 13.8 Å². The average molecular weight is 313 g/mol. The third kappa shape index (κ3) is 4.71. The van der Waals surface area contributed by atoms with Gasteiger partial charge in [0.05, 0.1) is 5.56 Å². The zero-order valence-electron chi connectivity index (χ0n) is 10.2. The fourth-order valence-corrected chi connectivity index (χ4v) is 3.08. The first-order valence-electron chi connectivity index (χ1n) is 5.76. The van der Waals surface area contributed by atoms with Crippen LogP contribution < -0.4 is 0 Å². The van der Waals surface area contributed by atoms with Gasteiger partial charge in [0, 0.05) is 21.7 Å². The topological polar surface area (TPSA) is 27.0 Å². The third-order valence-electron chi connectivity index (χ3n) is 2.63. The van der Waals surface area contributed by atoms with Crippen LogP contribution in [0.3, 0.4) is 0 Å². The van der Waals surface area contributed by atoms with Gasteiger partial charge in [-0.2, -0.15) is 5.26 Å². The van der Waals surface area contributed by atoms with E-state index in [4.69, 9.17) is 5.26 Å². The predicted octanol–water partition coefficient (Wildman–Crippen LogP) is 3.75. The highest BCUT2D eigenvalue weighted by atomic mass is 79.9. The smallest absolute Gasteiger partial charge is 0.100 e. The van der Waals surface area contributed by atoms with Crippen LogP contribution in [0.5, 0.6) is 0 Å². The lowest BCUT2D eigenvalue weighted by Crippen LogP contribution is -2.25. The number of thioether (sulfide) groups is 1. The van der Waals surface area contributed by atoms with Crippen LogP contribution in [0.1, 0.15) is 19.4 Å². The van der Waals surface area contributed by atoms with Crippen molar-refractivity contribution in [3.8, 4) is 6.07 Å². The molecule has 0 spiro atoms. The number of hydrogen-bond acceptors (Lipinski definition) is 3. The molecule has 0 aliphatic rings. The minimum absolute atomic E-state index is 0.693. The largest absolute Gasteiger partial charge is 0.303 e. The Morgan fingerprint density at radius 1 is 1.35 bits per heavy atom. The fraction of sp³-hybridized carbons (Fsp3) is 0.462. The van der Waals surface area contributed by atoms with Gasteiger partial charge in [-0.25, -0.2) is 0 Å². The van der Waals surface area contributed by atoms with Crippen LogP contribution in [-0.2, 0) is 0 Å². The molecule has 92 valence electrons. The number of hydrogen-bond donors (Lipinski definition) is 0. The molecule has 0 aliphatic carbocycles. The molecule has 0 bridgehead atoms. The Kier molecular flexibility index (Phi) is 6.64. The van der Waals surface area contributed by atoms with Crippen LogP contribution in [-0.4, -0.2) is 30.3 Å². The summed E-state index contributed by atoms with van der Waals surface area (Å²) in [6.45, 7) is 7.69. The lowest BCUT2D eigenvalue weighted by molar-refractivity contribution is 0.324. The molecule has 0 fully saturated rings. The minimum atomic E-state index is 0.693. The van der Waals surface area contributed by atoms with Crippen LogP contribution in [0.25, 0.3) is 0 Å². The van der Waals surface area contributed by atoms with Crippen LogP contribution in [0, 0.1) is 11.3 Å². The lowest BCUT2D eigenvalue weighted by Gasteiger charge is -2.17. The van der Waals surface area contributed by atoms with Crippen LogP contribution in [0.4, 0.5) is 0 Å². The minimum Gasteiger partial charge on any atom is -0.303 e. The Labute approximate surface area is 116 Å². The Morgan fingerprint density at radius 3 is 2.59 bits per heavy atom. The SMILES string of the molecule is CCN(CC)CCSc1ccc(C#N)c(Br)c1. The van der Waals surface area contributed by atoms with Crippen LogP contribution in [0.2, 0.25) is 0 Å². The van der Waals surface area contributed by atoms with E-state index in [-0.39, 0.29) is 0 Å². The number of nitriles is 1. The van der Waals surface area contributed by atoms with Gasteiger partial charge < -0.3 is 4.90 Å². The second kappa shape index (κ2) is 7.75. The second-order valence-electron chi connectivity index (χ2n) is 3.63. The van der Waals surface area contributed by atoms with E-state index in [1.54, 1.807) is 0 Å². The first-order valence-corrected chi connectivity index (χ1v) is 7.53. The van der Waals surface area contributed by atoms with E-state index in [9.17, 15) is 0 Å². The summed E-state index contributed by atoms with van der Waals surface area (Å²) in [5, 5.41) is 8.83. The maximum absolute atomic E-state index is 8.83. The summed E-state index contributed by atoms with van der Waals surface area (Å²) in [6.07, 6.45) is 0. The number of rotatable bonds is 6. The second-order valence-corrected chi connectivity index (χ2v) is 5.65. The summed E-state index contributed by atoms with van der Waals surface area (Å²) < 4.78 is 0.882. The Hall–Kier alpha value is -0.500. The zero-order valence-corrected chi connectivity index (χ0v) is 12.6. The molecule has 1 rings (SSSR count). The van der Waals surface area contributed by atoms with Crippen molar-refractivity contribution in [3.63, 3.8) is 0 Å². The first-order chi connectivity index (χ1) is 8.21. The van der Waals surface area contributed by atoms with Crippen molar-refractivity contribution in [2.75, 3.05) is 25.4 Å². The van der Waals surface area contributed by atoms with E-state index < -0.39 is 0 Å². The molecule has 0 saturated heterocycles. The van der Waals surface area contributed by atoms with Gasteiger partial charge in [0.2, 0.25) is 0 Å². The van der Waals surface area contributed by atoms with Crippen molar-refractivity contribution in [3.05, 3.63) is 28.2 Å². The fourth-order valence-electron chi connectivity index (χ4n) is 1.51. The molecule has 17 heavy (non-hydrogen) atoms. The number of halogens is 1. The van der Waals surface area contributed by atoms with Crippen molar-refractivity contribution in [2.45, 2.75) is 18.7 Å². The summed E-state index contributed by atoms with van der Waals surface area (Å²) in [7, 11) is 0. The Bertz CT molecular complexity index is 397. The van der Waals surface area contributed by atoms with E-state index >= 15 is 0 Å². The van der Waals surface area contributed by atoms with Gasteiger partial charge in [0.1, 0.15) is 6.07 Å². The molecule has 0 radical (unpaired) electrons. The highest BCUT2D eigenvalue weighted by Crippen LogP contribution is 2.24. The molecule has 0 heterocycles. The molecular weight excluding hydrogens is 296 g/mol. The van der Waals surface area contributed by atoms with Crippen molar-refractivity contribution in [2.24, 2.45) is 0 Å². The van der Waals surface area contributed by atoms with Gasteiger partial charge in [-0.05, 0) is 47.2 Å². The molecule has 0 saturated carbocycles. The molecular formula is C13H17BrN2S. The molecule has 0 aliphatic heterocycles. The maximum Gasteiger partial charge on any atom is 0.100 e. The number of benzene rings is 1. The molecule has 0 N–H and O–H groups in total. The van der Waals surface area contributed by atoms with Crippen molar-refractivity contribution < 1.29 is 0 Å². The summed E-state index contributed by atoms with van der Waals surface area (Å²) >= 11 is 5.24. The molecule has 0 atom stereocenters. The molecule has 4 heteroatoms. The normalized spacial score (nSPS) is 10.5. The molecule has 1 aromatic rings. The van der Waals surface area contributed by atoms with E-state index in [1.807, 2.05) is 30.0 Å². The monoisotopic (exact) mass is 312 g/mol. The molecule has 2 nitrogen and oxygen atoms in total. The van der Waals surface area contributed by atoms with E-state index in [2.05, 4.69) is 40.7 Å². The maximum atomic E-state index is 8.83. The van der Waals surface area contributed by atoms with Gasteiger partial charge >= 0.3 is 0 Å². The van der Waals surface area contributed by atoms with Gasteiger partial charge in [-0.3, -0.25) is 0 Å². The summed E-state index contributed by atoms with van der Waals surface area (Å²) in [4.78, 5) is 3.62. The van der Waals surface area contributed by atoms with Gasteiger partial charge in [-0.15, -0.1) is 11.8 Å². The van der Waals surface area contributed by atoms with Gasteiger partial charge in [0.15, 0.2) is 0 Å². The molecule has 0 aromatic heterocycles. The summed E-state index contributed by atoms with van der Waals surface area (Å²) in [5.74, 6) is 1.08. The Morgan fingerprint density at radius 2 is 2.06 bits per heavy atom.